The Bertz CT molecular complexity index is 960. The van der Waals surface area contributed by atoms with Crippen molar-refractivity contribution in [3.05, 3.63) is 58.6 Å². The number of rotatable bonds is 3. The SMILES string of the molecule is NC1CC(c2c(Cl)cccc2OC(F)F)n2c1nc1cc(F)ccc12. The van der Waals surface area contributed by atoms with E-state index in [1.54, 1.807) is 18.2 Å². The maximum Gasteiger partial charge on any atom is 0.387 e. The Kier molecular flexibility index (Phi) is 3.85. The van der Waals surface area contributed by atoms with Crippen molar-refractivity contribution in [2.75, 3.05) is 0 Å². The summed E-state index contributed by atoms with van der Waals surface area (Å²) in [5, 5.41) is 0.298. The van der Waals surface area contributed by atoms with E-state index in [-0.39, 0.29) is 5.75 Å². The molecule has 2 atom stereocenters. The Labute approximate surface area is 146 Å². The van der Waals surface area contributed by atoms with Gasteiger partial charge in [-0.15, -0.1) is 0 Å². The van der Waals surface area contributed by atoms with Crippen molar-refractivity contribution in [2.45, 2.75) is 25.1 Å². The van der Waals surface area contributed by atoms with E-state index in [1.807, 2.05) is 4.57 Å². The predicted octanol–water partition coefficient (Wildman–Crippen LogP) is 4.42. The minimum Gasteiger partial charge on any atom is -0.434 e. The molecule has 0 bridgehead atoms. The van der Waals surface area contributed by atoms with Crippen molar-refractivity contribution >= 4 is 22.6 Å². The van der Waals surface area contributed by atoms with Gasteiger partial charge in [0.1, 0.15) is 17.4 Å². The number of aromatic nitrogens is 2. The molecule has 130 valence electrons. The van der Waals surface area contributed by atoms with Gasteiger partial charge in [0.05, 0.1) is 23.1 Å². The molecule has 2 N–H and O–H groups in total. The van der Waals surface area contributed by atoms with Crippen LogP contribution in [0, 0.1) is 5.82 Å². The maximum atomic E-state index is 13.5. The molecule has 4 rings (SSSR count). The number of benzene rings is 2. The van der Waals surface area contributed by atoms with Crippen molar-refractivity contribution in [1.82, 2.24) is 9.55 Å². The van der Waals surface area contributed by atoms with Gasteiger partial charge < -0.3 is 15.0 Å². The van der Waals surface area contributed by atoms with E-state index in [2.05, 4.69) is 9.72 Å². The Hall–Kier alpha value is -2.25. The van der Waals surface area contributed by atoms with Crippen molar-refractivity contribution in [3.63, 3.8) is 0 Å². The molecule has 0 saturated carbocycles. The third-order valence-corrected chi connectivity index (χ3v) is 4.69. The molecule has 25 heavy (non-hydrogen) atoms. The summed E-state index contributed by atoms with van der Waals surface area (Å²) in [4.78, 5) is 4.40. The lowest BCUT2D eigenvalue weighted by molar-refractivity contribution is -0.0506. The monoisotopic (exact) mass is 367 g/mol. The summed E-state index contributed by atoms with van der Waals surface area (Å²) < 4.78 is 45.5. The van der Waals surface area contributed by atoms with E-state index in [4.69, 9.17) is 17.3 Å². The molecular weight excluding hydrogens is 355 g/mol. The first-order valence-corrected chi connectivity index (χ1v) is 7.99. The van der Waals surface area contributed by atoms with Gasteiger partial charge in [-0.1, -0.05) is 17.7 Å². The molecule has 4 nitrogen and oxygen atoms in total. The number of nitrogens with zero attached hydrogens (tertiary/aromatic N) is 2. The van der Waals surface area contributed by atoms with E-state index in [0.29, 0.717) is 33.9 Å². The molecule has 0 spiro atoms. The lowest BCUT2D eigenvalue weighted by Gasteiger charge is -2.20. The first-order valence-electron chi connectivity index (χ1n) is 7.62. The second kappa shape index (κ2) is 5.93. The van der Waals surface area contributed by atoms with Crippen LogP contribution in [0.25, 0.3) is 11.0 Å². The summed E-state index contributed by atoms with van der Waals surface area (Å²) in [5.41, 5.74) is 7.71. The van der Waals surface area contributed by atoms with Crippen LogP contribution >= 0.6 is 11.6 Å². The van der Waals surface area contributed by atoms with Gasteiger partial charge in [0.15, 0.2) is 0 Å². The van der Waals surface area contributed by atoms with Crippen LogP contribution in [0.4, 0.5) is 13.2 Å². The van der Waals surface area contributed by atoms with Crippen LogP contribution in [0.2, 0.25) is 5.02 Å². The smallest absolute Gasteiger partial charge is 0.387 e. The van der Waals surface area contributed by atoms with Crippen LogP contribution in [-0.4, -0.2) is 16.2 Å². The second-order valence-electron chi connectivity index (χ2n) is 5.86. The molecule has 0 radical (unpaired) electrons. The van der Waals surface area contributed by atoms with Crippen molar-refractivity contribution < 1.29 is 17.9 Å². The molecule has 2 aromatic carbocycles. The fraction of sp³-hybridized carbons (Fsp3) is 0.235. The molecule has 2 unspecified atom stereocenters. The fourth-order valence-electron chi connectivity index (χ4n) is 3.42. The summed E-state index contributed by atoms with van der Waals surface area (Å²) >= 11 is 6.29. The molecule has 0 amide bonds. The normalized spacial score (nSPS) is 19.6. The molecule has 0 fully saturated rings. The van der Waals surface area contributed by atoms with Gasteiger partial charge in [-0.25, -0.2) is 9.37 Å². The van der Waals surface area contributed by atoms with E-state index < -0.39 is 24.5 Å². The first kappa shape index (κ1) is 16.2. The summed E-state index contributed by atoms with van der Waals surface area (Å²) in [5.74, 6) is 0.152. The van der Waals surface area contributed by atoms with Gasteiger partial charge in [-0.2, -0.15) is 8.78 Å². The van der Waals surface area contributed by atoms with Gasteiger partial charge in [-0.05, 0) is 30.7 Å². The van der Waals surface area contributed by atoms with Crippen LogP contribution in [0.1, 0.15) is 29.9 Å². The fourth-order valence-corrected chi connectivity index (χ4v) is 3.71. The number of halogens is 4. The summed E-state index contributed by atoms with van der Waals surface area (Å²) in [6, 6.07) is 7.97. The van der Waals surface area contributed by atoms with Crippen LogP contribution in [-0.2, 0) is 0 Å². The highest BCUT2D eigenvalue weighted by molar-refractivity contribution is 6.31. The first-order chi connectivity index (χ1) is 12.0. The van der Waals surface area contributed by atoms with Crippen molar-refractivity contribution in [3.8, 4) is 5.75 Å². The molecule has 3 aromatic rings. The van der Waals surface area contributed by atoms with Crippen molar-refractivity contribution in [2.24, 2.45) is 5.73 Å². The van der Waals surface area contributed by atoms with Gasteiger partial charge in [0.2, 0.25) is 0 Å². The van der Waals surface area contributed by atoms with Crippen LogP contribution in [0.5, 0.6) is 5.75 Å². The topological polar surface area (TPSA) is 53.1 Å². The zero-order valence-electron chi connectivity index (χ0n) is 12.8. The Morgan fingerprint density at radius 1 is 1.28 bits per heavy atom. The Balaban J connectivity index is 1.92. The molecule has 0 saturated heterocycles. The Morgan fingerprint density at radius 2 is 2.08 bits per heavy atom. The highest BCUT2D eigenvalue weighted by Gasteiger charge is 2.36. The molecule has 1 aliphatic rings. The number of nitrogens with two attached hydrogens (primary N) is 1. The number of hydrogen-bond donors (Lipinski definition) is 1. The van der Waals surface area contributed by atoms with Crippen LogP contribution in [0.3, 0.4) is 0 Å². The number of fused-ring (bicyclic) bond motifs is 3. The zero-order valence-corrected chi connectivity index (χ0v) is 13.6. The molecular formula is C17H13ClF3N3O. The van der Waals surface area contributed by atoms with Gasteiger partial charge in [0.25, 0.3) is 0 Å². The largest absolute Gasteiger partial charge is 0.434 e. The Morgan fingerprint density at radius 3 is 2.84 bits per heavy atom. The average Bonchev–Trinajstić information content (AvgIpc) is 3.05. The standard InChI is InChI=1S/C17H13ClF3N3O/c18-9-2-1-3-14(25-17(20)21)15(9)13-7-10(22)16-23-11-6-8(19)4-5-12(11)24(13)16/h1-6,10,13,17H,7,22H2. The highest BCUT2D eigenvalue weighted by atomic mass is 35.5. The summed E-state index contributed by atoms with van der Waals surface area (Å²) in [6.45, 7) is -2.97. The lowest BCUT2D eigenvalue weighted by atomic mass is 10.0. The number of alkyl halides is 2. The van der Waals surface area contributed by atoms with E-state index >= 15 is 0 Å². The molecule has 1 aromatic heterocycles. The number of ether oxygens (including phenoxy) is 1. The van der Waals surface area contributed by atoms with E-state index in [0.717, 1.165) is 0 Å². The third-order valence-electron chi connectivity index (χ3n) is 4.36. The molecule has 0 aliphatic carbocycles. The highest BCUT2D eigenvalue weighted by Crippen LogP contribution is 2.45. The molecule has 2 heterocycles. The minimum atomic E-state index is -2.97. The predicted molar refractivity (Wildman–Crippen MR) is 87.5 cm³/mol. The quantitative estimate of drug-likeness (QED) is 0.745. The number of imidazole rings is 1. The van der Waals surface area contributed by atoms with Gasteiger partial charge in [-0.3, -0.25) is 0 Å². The van der Waals surface area contributed by atoms with Crippen LogP contribution < -0.4 is 10.5 Å². The summed E-state index contributed by atoms with van der Waals surface area (Å²) in [6.07, 6.45) is 0.430. The third kappa shape index (κ3) is 2.63. The van der Waals surface area contributed by atoms with Crippen molar-refractivity contribution in [1.29, 1.82) is 0 Å². The number of hydrogen-bond acceptors (Lipinski definition) is 3. The van der Waals surface area contributed by atoms with Gasteiger partial charge in [0, 0.05) is 16.7 Å². The average molecular weight is 368 g/mol. The summed E-state index contributed by atoms with van der Waals surface area (Å²) in [7, 11) is 0. The van der Waals surface area contributed by atoms with E-state index in [9.17, 15) is 13.2 Å². The van der Waals surface area contributed by atoms with E-state index in [1.165, 1.54) is 18.2 Å². The second-order valence-corrected chi connectivity index (χ2v) is 6.27. The minimum absolute atomic E-state index is 0.00323. The molecule has 8 heteroatoms. The zero-order chi connectivity index (χ0) is 17.7. The lowest BCUT2D eigenvalue weighted by Crippen LogP contribution is -2.11. The molecule has 1 aliphatic heterocycles. The maximum absolute atomic E-state index is 13.5. The van der Waals surface area contributed by atoms with Crippen LogP contribution in [0.15, 0.2) is 36.4 Å². The van der Waals surface area contributed by atoms with Gasteiger partial charge >= 0.3 is 6.61 Å².